The van der Waals surface area contributed by atoms with Crippen LogP contribution in [0.3, 0.4) is 0 Å². The number of Topliss-reactive ketones (excluding diaryl/α,β-unsaturated/α-hetero) is 1. The Balaban J connectivity index is 1.76. The van der Waals surface area contributed by atoms with Crippen LogP contribution in [-0.2, 0) is 6.54 Å². The van der Waals surface area contributed by atoms with Gasteiger partial charge >= 0.3 is 0 Å². The minimum absolute atomic E-state index is 0.0133. The Morgan fingerprint density at radius 2 is 1.80 bits per heavy atom. The van der Waals surface area contributed by atoms with Crippen LogP contribution in [0.2, 0.25) is 0 Å². The van der Waals surface area contributed by atoms with Gasteiger partial charge < -0.3 is 5.32 Å². The topological polar surface area (TPSA) is 76.9 Å². The molecule has 0 aliphatic heterocycles. The lowest BCUT2D eigenvalue weighted by Crippen LogP contribution is -2.13. The predicted octanol–water partition coefficient (Wildman–Crippen LogP) is 4.88. The monoisotopic (exact) mass is 398 g/mol. The summed E-state index contributed by atoms with van der Waals surface area (Å²) in [6, 6.07) is 16.3. The third-order valence-electron chi connectivity index (χ3n) is 5.19. The van der Waals surface area contributed by atoms with Crippen molar-refractivity contribution in [2.75, 3.05) is 5.32 Å². The number of fused-ring (bicyclic) bond motifs is 1. The summed E-state index contributed by atoms with van der Waals surface area (Å²) in [5.74, 6) is -0.244. The molecule has 0 aliphatic rings. The van der Waals surface area contributed by atoms with Crippen molar-refractivity contribution in [3.63, 3.8) is 0 Å². The maximum absolute atomic E-state index is 13.2. The normalized spacial score (nSPS) is 10.9. The Bertz CT molecular complexity index is 1260. The highest BCUT2D eigenvalue weighted by molar-refractivity contribution is 6.13. The van der Waals surface area contributed by atoms with Gasteiger partial charge in [-0.1, -0.05) is 18.2 Å². The Hall–Kier alpha value is -3.80. The lowest BCUT2D eigenvalue weighted by molar-refractivity contribution is 0.101. The van der Waals surface area contributed by atoms with Crippen molar-refractivity contribution in [2.24, 2.45) is 0 Å². The number of benzene rings is 2. The summed E-state index contributed by atoms with van der Waals surface area (Å²) in [4.78, 5) is 29.4. The number of rotatable bonds is 5. The van der Waals surface area contributed by atoms with E-state index in [-0.39, 0.29) is 11.7 Å². The van der Waals surface area contributed by atoms with E-state index in [1.165, 1.54) is 6.92 Å². The Morgan fingerprint density at radius 1 is 1.07 bits per heavy atom. The number of amides is 1. The molecule has 6 heteroatoms. The largest absolute Gasteiger partial charge is 0.322 e. The molecule has 2 heterocycles. The van der Waals surface area contributed by atoms with Gasteiger partial charge in [-0.05, 0) is 57.2 Å². The zero-order chi connectivity index (χ0) is 21.3. The van der Waals surface area contributed by atoms with Gasteiger partial charge in [0.1, 0.15) is 0 Å². The molecule has 0 fully saturated rings. The number of aryl methyl sites for hydroxylation is 1. The highest BCUT2D eigenvalue weighted by atomic mass is 16.1. The fourth-order valence-corrected chi connectivity index (χ4v) is 3.50. The molecule has 4 aromatic rings. The van der Waals surface area contributed by atoms with Gasteiger partial charge in [-0.3, -0.25) is 14.3 Å². The van der Waals surface area contributed by atoms with Crippen molar-refractivity contribution in [1.29, 1.82) is 0 Å². The molecule has 0 aliphatic carbocycles. The molecule has 150 valence electrons. The molecule has 0 atom stereocenters. The zero-order valence-corrected chi connectivity index (χ0v) is 17.1. The molecule has 1 N–H and O–H groups in total. The van der Waals surface area contributed by atoms with E-state index in [0.29, 0.717) is 22.5 Å². The molecule has 0 bridgehead atoms. The molecule has 0 radical (unpaired) electrons. The van der Waals surface area contributed by atoms with E-state index >= 15 is 0 Å². The molecule has 1 amide bonds. The number of anilines is 1. The van der Waals surface area contributed by atoms with Crippen LogP contribution in [0.4, 0.5) is 5.69 Å². The minimum atomic E-state index is -0.231. The first-order valence-electron chi connectivity index (χ1n) is 9.83. The third kappa shape index (κ3) is 3.59. The molecule has 4 rings (SSSR count). The van der Waals surface area contributed by atoms with Gasteiger partial charge in [0.2, 0.25) is 0 Å². The minimum Gasteiger partial charge on any atom is -0.322 e. The van der Waals surface area contributed by atoms with Gasteiger partial charge in [0.25, 0.3) is 5.91 Å². The van der Waals surface area contributed by atoms with Crippen molar-refractivity contribution in [3.8, 4) is 11.3 Å². The number of para-hydroxylation sites is 1. The van der Waals surface area contributed by atoms with Crippen molar-refractivity contribution >= 4 is 28.3 Å². The van der Waals surface area contributed by atoms with Crippen LogP contribution in [0.15, 0.2) is 60.8 Å². The number of carbonyl (C=O) groups excluding carboxylic acids is 2. The highest BCUT2D eigenvalue weighted by Crippen LogP contribution is 2.27. The van der Waals surface area contributed by atoms with E-state index in [1.54, 1.807) is 30.5 Å². The molecular formula is C24H22N4O2. The van der Waals surface area contributed by atoms with Crippen LogP contribution < -0.4 is 5.32 Å². The second-order valence-corrected chi connectivity index (χ2v) is 7.12. The second-order valence-electron chi connectivity index (χ2n) is 7.12. The van der Waals surface area contributed by atoms with Crippen molar-refractivity contribution in [3.05, 3.63) is 77.6 Å². The average Bonchev–Trinajstić information content (AvgIpc) is 3.13. The lowest BCUT2D eigenvalue weighted by atomic mass is 10.0. The molecule has 30 heavy (non-hydrogen) atoms. The summed E-state index contributed by atoms with van der Waals surface area (Å²) in [7, 11) is 0. The summed E-state index contributed by atoms with van der Waals surface area (Å²) >= 11 is 0. The van der Waals surface area contributed by atoms with E-state index in [1.807, 2.05) is 48.9 Å². The number of aromatic nitrogens is 3. The van der Waals surface area contributed by atoms with Crippen LogP contribution in [0.5, 0.6) is 0 Å². The summed E-state index contributed by atoms with van der Waals surface area (Å²) in [6.07, 6.45) is 1.79. The molecule has 6 nitrogen and oxygen atoms in total. The molecule has 2 aromatic carbocycles. The summed E-state index contributed by atoms with van der Waals surface area (Å²) in [5, 5.41) is 8.11. The van der Waals surface area contributed by atoms with E-state index in [4.69, 9.17) is 4.98 Å². The molecular weight excluding hydrogens is 376 g/mol. The van der Waals surface area contributed by atoms with Gasteiger partial charge in [0.05, 0.1) is 23.0 Å². The smallest absolute Gasteiger partial charge is 0.256 e. The van der Waals surface area contributed by atoms with Crippen molar-refractivity contribution < 1.29 is 9.59 Å². The van der Waals surface area contributed by atoms with Gasteiger partial charge in [0, 0.05) is 34.4 Å². The number of carbonyl (C=O) groups is 2. The van der Waals surface area contributed by atoms with Crippen molar-refractivity contribution in [2.45, 2.75) is 27.3 Å². The second kappa shape index (κ2) is 7.91. The van der Waals surface area contributed by atoms with E-state index in [0.717, 1.165) is 28.7 Å². The molecule has 0 saturated heterocycles. The fraction of sp³-hybridized carbons (Fsp3) is 0.167. The fourth-order valence-electron chi connectivity index (χ4n) is 3.50. The molecule has 0 unspecified atom stereocenters. The summed E-state index contributed by atoms with van der Waals surface area (Å²) in [6.45, 7) is 6.32. The van der Waals surface area contributed by atoms with Crippen LogP contribution in [0.1, 0.15) is 40.3 Å². The quantitative estimate of drug-likeness (QED) is 0.486. The first kappa shape index (κ1) is 19.5. The molecule has 0 saturated carbocycles. The maximum atomic E-state index is 13.2. The standard InChI is InChI=1S/C24H22N4O2/c1-4-28-15(2)21(14-25-28)23-13-20(19-7-5-6-8-22(19)27-23)24(30)26-18-11-9-17(10-12-18)16(3)29/h5-14H,4H2,1-3H3,(H,26,30). The molecule has 2 aromatic heterocycles. The highest BCUT2D eigenvalue weighted by Gasteiger charge is 2.17. The van der Waals surface area contributed by atoms with E-state index in [9.17, 15) is 9.59 Å². The number of hydrogen-bond donors (Lipinski definition) is 1. The van der Waals surface area contributed by atoms with Gasteiger partial charge in [-0.15, -0.1) is 0 Å². The third-order valence-corrected chi connectivity index (χ3v) is 5.19. The maximum Gasteiger partial charge on any atom is 0.256 e. The van der Waals surface area contributed by atoms with Crippen LogP contribution in [0.25, 0.3) is 22.2 Å². The number of pyridine rings is 1. The van der Waals surface area contributed by atoms with E-state index in [2.05, 4.69) is 10.4 Å². The average molecular weight is 398 g/mol. The van der Waals surface area contributed by atoms with Crippen LogP contribution in [0, 0.1) is 6.92 Å². The van der Waals surface area contributed by atoms with E-state index < -0.39 is 0 Å². The zero-order valence-electron chi connectivity index (χ0n) is 17.1. The Kier molecular flexibility index (Phi) is 5.14. The lowest BCUT2D eigenvalue weighted by Gasteiger charge is -2.11. The number of hydrogen-bond acceptors (Lipinski definition) is 4. The Labute approximate surface area is 174 Å². The predicted molar refractivity (Wildman–Crippen MR) is 118 cm³/mol. The first-order chi connectivity index (χ1) is 14.5. The first-order valence-corrected chi connectivity index (χ1v) is 9.83. The number of nitrogens with one attached hydrogen (secondary N) is 1. The van der Waals surface area contributed by atoms with Crippen molar-refractivity contribution in [1.82, 2.24) is 14.8 Å². The summed E-state index contributed by atoms with van der Waals surface area (Å²) < 4.78 is 1.91. The van der Waals surface area contributed by atoms with Gasteiger partial charge in [0.15, 0.2) is 5.78 Å². The van der Waals surface area contributed by atoms with Crippen LogP contribution >= 0.6 is 0 Å². The number of ketones is 1. The summed E-state index contributed by atoms with van der Waals surface area (Å²) in [5.41, 5.74) is 5.14. The number of nitrogens with zero attached hydrogens (tertiary/aromatic N) is 3. The Morgan fingerprint density at radius 3 is 2.47 bits per heavy atom. The SMILES string of the molecule is CCn1ncc(-c2cc(C(=O)Nc3ccc(C(C)=O)cc3)c3ccccc3n2)c1C. The molecule has 0 spiro atoms. The van der Waals surface area contributed by atoms with Crippen LogP contribution in [-0.4, -0.2) is 26.5 Å². The van der Waals surface area contributed by atoms with Gasteiger partial charge in [-0.25, -0.2) is 4.98 Å². The van der Waals surface area contributed by atoms with Gasteiger partial charge in [-0.2, -0.15) is 5.10 Å².